The van der Waals surface area contributed by atoms with Crippen LogP contribution in [-0.4, -0.2) is 21.1 Å². The van der Waals surface area contributed by atoms with Crippen LogP contribution in [0.1, 0.15) is 17.0 Å². The number of hydroxylamine groups is 1. The molecule has 0 bridgehead atoms. The van der Waals surface area contributed by atoms with Gasteiger partial charge in [0.25, 0.3) is 11.7 Å². The van der Waals surface area contributed by atoms with Crippen molar-refractivity contribution in [2.45, 2.75) is 6.42 Å². The van der Waals surface area contributed by atoms with E-state index in [0.29, 0.717) is 17.9 Å². The monoisotopic (exact) mass is 344 g/mol. The molecule has 2 aromatic carbocycles. The third-order valence-electron chi connectivity index (χ3n) is 3.78. The van der Waals surface area contributed by atoms with E-state index in [9.17, 15) is 4.79 Å². The highest BCUT2D eigenvalue weighted by Gasteiger charge is 2.13. The van der Waals surface area contributed by atoms with Gasteiger partial charge in [-0.05, 0) is 22.8 Å². The molecule has 128 valence electrons. The van der Waals surface area contributed by atoms with Gasteiger partial charge in [-0.25, -0.2) is 10.5 Å². The van der Waals surface area contributed by atoms with Gasteiger partial charge in [-0.2, -0.15) is 0 Å². The van der Waals surface area contributed by atoms with Crippen LogP contribution in [0.15, 0.2) is 60.7 Å². The summed E-state index contributed by atoms with van der Waals surface area (Å²) < 4.78 is 0. The van der Waals surface area contributed by atoms with E-state index in [2.05, 4.69) is 14.8 Å². The predicted octanol–water partition coefficient (Wildman–Crippen LogP) is 3.74. The van der Waals surface area contributed by atoms with Crippen molar-refractivity contribution in [1.82, 2.24) is 15.4 Å². The molecule has 0 radical (unpaired) electrons. The number of aromatic nitrogens is 2. The number of aromatic amines is 1. The molecule has 0 aliphatic heterocycles. The van der Waals surface area contributed by atoms with Crippen LogP contribution in [0.3, 0.4) is 0 Å². The first kappa shape index (κ1) is 17.1. The number of carbonyl (C=O) groups is 1. The Morgan fingerprint density at radius 2 is 1.92 bits per heavy atom. The Kier molecular flexibility index (Phi) is 5.22. The molecule has 3 N–H and O–H groups in total. The SMILES string of the molecule is [C-]#[N+]c1[nH]c(Cc2ccc(C=CC(=O)NO)cc2)nc1-c1ccccc1. The molecule has 3 aromatic rings. The summed E-state index contributed by atoms with van der Waals surface area (Å²) in [6.07, 6.45) is 3.42. The van der Waals surface area contributed by atoms with Gasteiger partial charge in [0.15, 0.2) is 5.82 Å². The number of carbonyl (C=O) groups excluding carboxylic acids is 1. The molecule has 0 aliphatic rings. The van der Waals surface area contributed by atoms with Gasteiger partial charge >= 0.3 is 0 Å². The summed E-state index contributed by atoms with van der Waals surface area (Å²) in [5, 5.41) is 8.47. The van der Waals surface area contributed by atoms with Gasteiger partial charge in [-0.3, -0.25) is 15.0 Å². The molecule has 0 unspecified atom stereocenters. The summed E-state index contributed by atoms with van der Waals surface area (Å²) in [6.45, 7) is 7.35. The highest BCUT2D eigenvalue weighted by atomic mass is 16.5. The third kappa shape index (κ3) is 4.04. The van der Waals surface area contributed by atoms with Crippen LogP contribution >= 0.6 is 0 Å². The smallest absolute Gasteiger partial charge is 0.267 e. The lowest BCUT2D eigenvalue weighted by Crippen LogP contribution is -2.14. The minimum atomic E-state index is -0.579. The standard InChI is InChI=1S/C20H16N4O2/c1-21-20-19(16-5-3-2-4-6-16)22-17(23-20)13-15-9-7-14(8-10-15)11-12-18(25)24-26/h2-12,26H,13H2,(H,22,23)(H,24,25). The molecular formula is C20H16N4O2. The van der Waals surface area contributed by atoms with E-state index in [1.165, 1.54) is 6.08 Å². The van der Waals surface area contributed by atoms with Gasteiger partial charge in [0.2, 0.25) is 0 Å². The maximum absolute atomic E-state index is 11.0. The number of H-pyrrole nitrogens is 1. The van der Waals surface area contributed by atoms with Crippen LogP contribution < -0.4 is 5.48 Å². The van der Waals surface area contributed by atoms with Crippen molar-refractivity contribution in [2.75, 3.05) is 0 Å². The summed E-state index contributed by atoms with van der Waals surface area (Å²) in [5.74, 6) is 0.573. The van der Waals surface area contributed by atoms with Gasteiger partial charge in [0, 0.05) is 6.08 Å². The van der Waals surface area contributed by atoms with Crippen molar-refractivity contribution in [2.24, 2.45) is 0 Å². The minimum absolute atomic E-state index is 0.431. The van der Waals surface area contributed by atoms with Gasteiger partial charge < -0.3 is 4.85 Å². The topological polar surface area (TPSA) is 82.4 Å². The molecule has 0 spiro atoms. The first-order valence-corrected chi connectivity index (χ1v) is 7.92. The molecule has 0 saturated carbocycles. The quantitative estimate of drug-likeness (QED) is 0.285. The van der Waals surface area contributed by atoms with Crippen LogP contribution in [0.25, 0.3) is 22.2 Å². The van der Waals surface area contributed by atoms with E-state index in [4.69, 9.17) is 11.8 Å². The molecule has 26 heavy (non-hydrogen) atoms. The first-order chi connectivity index (χ1) is 12.7. The predicted molar refractivity (Wildman–Crippen MR) is 98.5 cm³/mol. The van der Waals surface area contributed by atoms with Gasteiger partial charge in [-0.1, -0.05) is 61.2 Å². The second kappa shape index (κ2) is 7.92. The van der Waals surface area contributed by atoms with Crippen molar-refractivity contribution >= 4 is 17.8 Å². The molecule has 0 saturated heterocycles. The van der Waals surface area contributed by atoms with Crippen molar-refractivity contribution in [3.05, 3.63) is 89.0 Å². The number of imidazole rings is 1. The van der Waals surface area contributed by atoms with Crippen molar-refractivity contribution in [3.8, 4) is 11.3 Å². The number of hydrogen-bond donors (Lipinski definition) is 3. The Bertz CT molecular complexity index is 967. The normalized spacial score (nSPS) is 10.6. The fraction of sp³-hybridized carbons (Fsp3) is 0.0500. The van der Waals surface area contributed by atoms with E-state index in [-0.39, 0.29) is 0 Å². The second-order valence-corrected chi connectivity index (χ2v) is 5.59. The van der Waals surface area contributed by atoms with E-state index >= 15 is 0 Å². The summed E-state index contributed by atoms with van der Waals surface area (Å²) in [7, 11) is 0. The number of benzene rings is 2. The minimum Gasteiger partial charge on any atom is -0.362 e. The Labute approximate surface area is 150 Å². The fourth-order valence-corrected chi connectivity index (χ4v) is 2.52. The molecule has 6 heteroatoms. The summed E-state index contributed by atoms with van der Waals surface area (Å²) in [4.78, 5) is 22.2. The average molecular weight is 344 g/mol. The first-order valence-electron chi connectivity index (χ1n) is 7.92. The number of hydrogen-bond acceptors (Lipinski definition) is 3. The van der Waals surface area contributed by atoms with Crippen LogP contribution in [0, 0.1) is 6.57 Å². The summed E-state index contributed by atoms with van der Waals surface area (Å²) in [6, 6.07) is 17.2. The zero-order valence-corrected chi connectivity index (χ0v) is 13.8. The second-order valence-electron chi connectivity index (χ2n) is 5.59. The van der Waals surface area contributed by atoms with Crippen molar-refractivity contribution in [3.63, 3.8) is 0 Å². The molecule has 3 rings (SSSR count). The number of amides is 1. The van der Waals surface area contributed by atoms with E-state index in [1.807, 2.05) is 54.6 Å². The van der Waals surface area contributed by atoms with Crippen molar-refractivity contribution in [1.29, 1.82) is 0 Å². The largest absolute Gasteiger partial charge is 0.362 e. The van der Waals surface area contributed by atoms with Gasteiger partial charge in [-0.15, -0.1) is 0 Å². The molecule has 1 heterocycles. The van der Waals surface area contributed by atoms with Crippen LogP contribution in [-0.2, 0) is 11.2 Å². The molecule has 1 aromatic heterocycles. The zero-order valence-electron chi connectivity index (χ0n) is 13.8. The highest BCUT2D eigenvalue weighted by Crippen LogP contribution is 2.28. The number of nitrogens with one attached hydrogen (secondary N) is 2. The third-order valence-corrected chi connectivity index (χ3v) is 3.78. The zero-order chi connectivity index (χ0) is 18.4. The number of nitrogens with zero attached hydrogens (tertiary/aromatic N) is 2. The maximum atomic E-state index is 11.0. The van der Waals surface area contributed by atoms with E-state index in [0.717, 1.165) is 22.5 Å². The Balaban J connectivity index is 1.77. The fourth-order valence-electron chi connectivity index (χ4n) is 2.52. The average Bonchev–Trinajstić information content (AvgIpc) is 3.10. The van der Waals surface area contributed by atoms with Crippen LogP contribution in [0.4, 0.5) is 5.82 Å². The molecule has 1 amide bonds. The van der Waals surface area contributed by atoms with Gasteiger partial charge in [0.05, 0.1) is 12.1 Å². The number of rotatable bonds is 5. The summed E-state index contributed by atoms with van der Waals surface area (Å²) >= 11 is 0. The van der Waals surface area contributed by atoms with Crippen molar-refractivity contribution < 1.29 is 10.0 Å². The van der Waals surface area contributed by atoms with E-state index < -0.39 is 5.91 Å². The van der Waals surface area contributed by atoms with Crippen LogP contribution in [0.2, 0.25) is 0 Å². The molecule has 6 nitrogen and oxygen atoms in total. The lowest BCUT2D eigenvalue weighted by Gasteiger charge is -1.99. The molecule has 0 fully saturated rings. The summed E-state index contributed by atoms with van der Waals surface area (Å²) in [5.41, 5.74) is 4.97. The lowest BCUT2D eigenvalue weighted by molar-refractivity contribution is -0.124. The molecular weight excluding hydrogens is 328 g/mol. The lowest BCUT2D eigenvalue weighted by atomic mass is 10.1. The Morgan fingerprint density at radius 1 is 1.19 bits per heavy atom. The maximum Gasteiger partial charge on any atom is 0.267 e. The Morgan fingerprint density at radius 3 is 2.58 bits per heavy atom. The highest BCUT2D eigenvalue weighted by molar-refractivity contribution is 5.90. The Hall–Kier alpha value is -3.69. The van der Waals surface area contributed by atoms with Crippen LogP contribution in [0.5, 0.6) is 0 Å². The van der Waals surface area contributed by atoms with Gasteiger partial charge in [0.1, 0.15) is 0 Å². The molecule has 0 atom stereocenters. The van der Waals surface area contributed by atoms with E-state index in [1.54, 1.807) is 11.6 Å². The molecule has 0 aliphatic carbocycles.